The Hall–Kier alpha value is -3.04. The molecule has 1 aromatic carbocycles. The van der Waals surface area contributed by atoms with Gasteiger partial charge in [0.05, 0.1) is 23.7 Å². The number of carbonyl (C=O) groups is 3. The molecule has 3 aromatic rings. The zero-order chi connectivity index (χ0) is 20.8. The number of aryl methyl sites for hydroxylation is 1. The highest BCUT2D eigenvalue weighted by Crippen LogP contribution is 2.30. The molecule has 2 aromatic heterocycles. The quantitative estimate of drug-likeness (QED) is 0.538. The van der Waals surface area contributed by atoms with Crippen LogP contribution in [0.2, 0.25) is 0 Å². The summed E-state index contributed by atoms with van der Waals surface area (Å²) >= 11 is 2.85. The Morgan fingerprint density at radius 1 is 1.03 bits per heavy atom. The van der Waals surface area contributed by atoms with Crippen molar-refractivity contribution < 1.29 is 14.4 Å². The van der Waals surface area contributed by atoms with Crippen LogP contribution in [0, 0.1) is 6.92 Å². The van der Waals surface area contributed by atoms with Crippen LogP contribution in [-0.4, -0.2) is 29.3 Å². The highest BCUT2D eigenvalue weighted by molar-refractivity contribution is 7.17. The third kappa shape index (κ3) is 5.97. The topological polar surface area (TPSA) is 100 Å². The molecule has 0 aliphatic heterocycles. The second-order valence-corrected chi connectivity index (χ2v) is 8.34. The van der Waals surface area contributed by atoms with E-state index in [0.717, 1.165) is 21.0 Å². The number of anilines is 1. The maximum atomic E-state index is 12.1. The molecule has 0 bridgehead atoms. The second kappa shape index (κ2) is 9.44. The molecule has 0 aliphatic carbocycles. The molecule has 29 heavy (non-hydrogen) atoms. The van der Waals surface area contributed by atoms with Crippen molar-refractivity contribution in [3.05, 3.63) is 57.8 Å². The Morgan fingerprint density at radius 2 is 1.79 bits per heavy atom. The Morgan fingerprint density at radius 3 is 2.52 bits per heavy atom. The van der Waals surface area contributed by atoms with Gasteiger partial charge in [-0.3, -0.25) is 14.4 Å². The van der Waals surface area contributed by atoms with Gasteiger partial charge in [-0.1, -0.05) is 17.7 Å². The van der Waals surface area contributed by atoms with Gasteiger partial charge in [-0.15, -0.1) is 22.7 Å². The number of amides is 3. The summed E-state index contributed by atoms with van der Waals surface area (Å²) in [4.78, 5) is 41.6. The van der Waals surface area contributed by atoms with Gasteiger partial charge < -0.3 is 16.0 Å². The largest absolute Gasteiger partial charge is 0.351 e. The smallest absolute Gasteiger partial charge is 0.251 e. The summed E-state index contributed by atoms with van der Waals surface area (Å²) in [7, 11) is 0. The molecule has 0 radical (unpaired) electrons. The summed E-state index contributed by atoms with van der Waals surface area (Å²) in [5, 5.41) is 10.4. The van der Waals surface area contributed by atoms with E-state index in [4.69, 9.17) is 0 Å². The average molecular weight is 429 g/mol. The van der Waals surface area contributed by atoms with E-state index in [0.29, 0.717) is 17.2 Å². The first-order valence-electron chi connectivity index (χ1n) is 8.84. The number of nitrogens with one attached hydrogen (secondary N) is 3. The molecule has 0 aliphatic rings. The van der Waals surface area contributed by atoms with E-state index in [9.17, 15) is 14.4 Å². The molecule has 0 atom stereocenters. The van der Waals surface area contributed by atoms with Crippen LogP contribution in [0.15, 0.2) is 41.8 Å². The van der Waals surface area contributed by atoms with Crippen LogP contribution in [-0.2, 0) is 16.1 Å². The number of nitrogens with zero attached hydrogens (tertiary/aromatic N) is 1. The maximum Gasteiger partial charge on any atom is 0.251 e. The summed E-state index contributed by atoms with van der Waals surface area (Å²) in [6.45, 7) is 3.76. The Labute approximate surface area is 176 Å². The van der Waals surface area contributed by atoms with E-state index in [1.54, 1.807) is 12.1 Å². The zero-order valence-corrected chi connectivity index (χ0v) is 17.6. The van der Waals surface area contributed by atoms with Crippen molar-refractivity contribution in [2.24, 2.45) is 0 Å². The number of benzene rings is 1. The summed E-state index contributed by atoms with van der Waals surface area (Å²) in [5.74, 6) is -0.720. The molecule has 3 N–H and O–H groups in total. The minimum Gasteiger partial charge on any atom is -0.351 e. The third-order valence-electron chi connectivity index (χ3n) is 3.90. The highest BCUT2D eigenvalue weighted by Gasteiger charge is 2.12. The van der Waals surface area contributed by atoms with Crippen molar-refractivity contribution in [3.63, 3.8) is 0 Å². The molecule has 9 heteroatoms. The molecule has 0 saturated heterocycles. The van der Waals surface area contributed by atoms with Crippen molar-refractivity contribution in [2.75, 3.05) is 11.9 Å². The van der Waals surface area contributed by atoms with Gasteiger partial charge in [0.15, 0.2) is 5.13 Å². The molecular formula is C20H20N4O3S2. The first-order chi connectivity index (χ1) is 13.9. The highest BCUT2D eigenvalue weighted by atomic mass is 32.1. The number of thiophene rings is 1. The first kappa shape index (κ1) is 20.7. The summed E-state index contributed by atoms with van der Waals surface area (Å²) in [6.07, 6.45) is 0. The number of thiazole rings is 1. The van der Waals surface area contributed by atoms with Crippen LogP contribution >= 0.6 is 22.7 Å². The van der Waals surface area contributed by atoms with Crippen LogP contribution in [0.3, 0.4) is 0 Å². The van der Waals surface area contributed by atoms with Crippen LogP contribution in [0.25, 0.3) is 10.6 Å². The predicted molar refractivity (Wildman–Crippen MR) is 115 cm³/mol. The van der Waals surface area contributed by atoms with Crippen LogP contribution in [0.1, 0.15) is 27.7 Å². The van der Waals surface area contributed by atoms with E-state index >= 15 is 0 Å². The van der Waals surface area contributed by atoms with Gasteiger partial charge in [-0.2, -0.15) is 0 Å². The first-order valence-corrected chi connectivity index (χ1v) is 10.5. The fourth-order valence-electron chi connectivity index (χ4n) is 2.40. The molecule has 7 nitrogen and oxygen atoms in total. The average Bonchev–Trinajstić information content (AvgIpc) is 3.34. The molecule has 3 amide bonds. The minimum atomic E-state index is -0.344. The summed E-state index contributed by atoms with van der Waals surface area (Å²) in [5.41, 5.74) is 2.33. The zero-order valence-electron chi connectivity index (χ0n) is 15.9. The Kier molecular flexibility index (Phi) is 6.73. The molecule has 2 heterocycles. The van der Waals surface area contributed by atoms with Gasteiger partial charge in [-0.05, 0) is 31.2 Å². The standard InChI is InChI=1S/C20H20N4O3S2/c1-12-3-5-14(6-4-12)19(27)22-10-18(26)24-20-23-16(11-28-20)17-8-7-15(29-17)9-21-13(2)25/h3-8,11H,9-10H2,1-2H3,(H,21,25)(H,22,27)(H,23,24,26). The number of aromatic nitrogens is 1. The molecule has 0 spiro atoms. The Bertz CT molecular complexity index is 1020. The monoisotopic (exact) mass is 428 g/mol. The van der Waals surface area contributed by atoms with E-state index in [-0.39, 0.29) is 24.3 Å². The number of carbonyl (C=O) groups excluding carboxylic acids is 3. The molecular weight excluding hydrogens is 408 g/mol. The van der Waals surface area contributed by atoms with Gasteiger partial charge in [-0.25, -0.2) is 4.98 Å². The molecule has 0 fully saturated rings. The van der Waals surface area contributed by atoms with Crippen molar-refractivity contribution in [2.45, 2.75) is 20.4 Å². The van der Waals surface area contributed by atoms with E-state index < -0.39 is 0 Å². The van der Waals surface area contributed by atoms with Gasteiger partial charge in [0.25, 0.3) is 5.91 Å². The van der Waals surface area contributed by atoms with Crippen LogP contribution in [0.5, 0.6) is 0 Å². The van der Waals surface area contributed by atoms with E-state index in [2.05, 4.69) is 20.9 Å². The lowest BCUT2D eigenvalue weighted by molar-refractivity contribution is -0.119. The summed E-state index contributed by atoms with van der Waals surface area (Å²) < 4.78 is 0. The number of rotatable bonds is 7. The molecule has 0 unspecified atom stereocenters. The predicted octanol–water partition coefficient (Wildman–Crippen LogP) is 3.18. The fourth-order valence-corrected chi connectivity index (χ4v) is 4.11. The normalized spacial score (nSPS) is 10.4. The van der Waals surface area contributed by atoms with Gasteiger partial charge in [0, 0.05) is 22.7 Å². The third-order valence-corrected chi connectivity index (χ3v) is 5.76. The van der Waals surface area contributed by atoms with Gasteiger partial charge in [0.2, 0.25) is 11.8 Å². The van der Waals surface area contributed by atoms with Crippen molar-refractivity contribution in [3.8, 4) is 10.6 Å². The fraction of sp³-hybridized carbons (Fsp3) is 0.200. The minimum absolute atomic E-state index is 0.0759. The van der Waals surface area contributed by atoms with Gasteiger partial charge in [0.1, 0.15) is 0 Å². The van der Waals surface area contributed by atoms with Crippen LogP contribution < -0.4 is 16.0 Å². The Balaban J connectivity index is 1.51. The lowest BCUT2D eigenvalue weighted by atomic mass is 10.1. The van der Waals surface area contributed by atoms with E-state index in [1.807, 2.05) is 36.6 Å². The molecule has 0 saturated carbocycles. The van der Waals surface area contributed by atoms with Crippen LogP contribution in [0.4, 0.5) is 5.13 Å². The van der Waals surface area contributed by atoms with Crippen molar-refractivity contribution in [1.82, 2.24) is 15.6 Å². The second-order valence-electron chi connectivity index (χ2n) is 6.31. The molecule has 3 rings (SSSR count). The summed E-state index contributed by atoms with van der Waals surface area (Å²) in [6, 6.07) is 11.0. The maximum absolute atomic E-state index is 12.1. The number of hydrogen-bond donors (Lipinski definition) is 3. The lowest BCUT2D eigenvalue weighted by Crippen LogP contribution is -2.32. The number of hydrogen-bond acceptors (Lipinski definition) is 6. The van der Waals surface area contributed by atoms with Crippen molar-refractivity contribution in [1.29, 1.82) is 0 Å². The molecule has 150 valence electrons. The van der Waals surface area contributed by atoms with Crippen molar-refractivity contribution >= 4 is 45.5 Å². The van der Waals surface area contributed by atoms with Gasteiger partial charge >= 0.3 is 0 Å². The SMILES string of the molecule is CC(=O)NCc1ccc(-c2csc(NC(=O)CNC(=O)c3ccc(C)cc3)n2)s1. The van der Waals surface area contributed by atoms with E-state index in [1.165, 1.54) is 29.6 Å². The lowest BCUT2D eigenvalue weighted by Gasteiger charge is -2.05.